The first kappa shape index (κ1) is 15.4. The Morgan fingerprint density at radius 3 is 2.48 bits per heavy atom. The van der Waals surface area contributed by atoms with Crippen LogP contribution in [0.4, 0.5) is 0 Å². The van der Waals surface area contributed by atoms with Gasteiger partial charge in [0.15, 0.2) is 6.10 Å². The van der Waals surface area contributed by atoms with E-state index in [0.717, 1.165) is 11.1 Å². The summed E-state index contributed by atoms with van der Waals surface area (Å²) in [5, 5.41) is 0.515. The Hall–Kier alpha value is -3.15. The summed E-state index contributed by atoms with van der Waals surface area (Å²) in [7, 11) is 0. The third-order valence-electron chi connectivity index (χ3n) is 4.36. The van der Waals surface area contributed by atoms with E-state index >= 15 is 0 Å². The van der Waals surface area contributed by atoms with E-state index in [9.17, 15) is 14.4 Å². The van der Waals surface area contributed by atoms with E-state index in [0.29, 0.717) is 23.7 Å². The minimum atomic E-state index is -0.848. The van der Waals surface area contributed by atoms with Gasteiger partial charge in [0.25, 0.3) is 11.8 Å². The molecule has 0 spiro atoms. The van der Waals surface area contributed by atoms with Gasteiger partial charge in [-0.15, -0.1) is 0 Å². The lowest BCUT2D eigenvalue weighted by Gasteiger charge is -2.25. The molecule has 0 saturated carbocycles. The summed E-state index contributed by atoms with van der Waals surface area (Å²) in [5.41, 5.74) is 2.61. The van der Waals surface area contributed by atoms with Crippen LogP contribution in [0.5, 0.6) is 5.75 Å². The second-order valence-corrected chi connectivity index (χ2v) is 6.12. The number of aryl methyl sites for hydroxylation is 2. The highest BCUT2D eigenvalue weighted by Crippen LogP contribution is 2.29. The number of carbonyl (C=O) groups excluding carboxylic acids is 3. The van der Waals surface area contributed by atoms with E-state index in [1.807, 2.05) is 25.1 Å². The van der Waals surface area contributed by atoms with Crippen LogP contribution in [0, 0.1) is 6.92 Å². The highest BCUT2D eigenvalue weighted by Gasteiger charge is 2.40. The van der Waals surface area contributed by atoms with Gasteiger partial charge in [0.05, 0.1) is 11.1 Å². The van der Waals surface area contributed by atoms with Crippen molar-refractivity contribution in [1.29, 1.82) is 0 Å². The molecule has 2 amide bonds. The molecule has 25 heavy (non-hydrogen) atoms. The number of rotatable bonds is 2. The van der Waals surface area contributed by atoms with Crippen LogP contribution in [-0.2, 0) is 16.1 Å². The van der Waals surface area contributed by atoms with Crippen molar-refractivity contribution in [3.05, 3.63) is 64.7 Å². The van der Waals surface area contributed by atoms with Gasteiger partial charge in [-0.3, -0.25) is 9.59 Å². The lowest BCUT2D eigenvalue weighted by Crippen LogP contribution is -2.40. The van der Waals surface area contributed by atoms with E-state index in [1.165, 1.54) is 12.1 Å². The number of hydrogen-bond acceptors (Lipinski definition) is 5. The molecule has 6 nitrogen and oxygen atoms in total. The smallest absolute Gasteiger partial charge is 0.373 e. The van der Waals surface area contributed by atoms with Gasteiger partial charge in [-0.25, -0.2) is 4.79 Å². The van der Waals surface area contributed by atoms with Crippen molar-refractivity contribution in [1.82, 2.24) is 5.06 Å². The molecule has 2 heterocycles. The van der Waals surface area contributed by atoms with Crippen LogP contribution in [0.3, 0.4) is 0 Å². The fourth-order valence-corrected chi connectivity index (χ4v) is 3.08. The summed E-state index contributed by atoms with van der Waals surface area (Å²) in [4.78, 5) is 41.9. The summed E-state index contributed by atoms with van der Waals surface area (Å²) in [6, 6.07) is 12.1. The largest absolute Gasteiger partial charge is 0.478 e. The summed E-state index contributed by atoms with van der Waals surface area (Å²) in [6.45, 7) is 1.99. The molecule has 0 aliphatic carbocycles. The molecule has 6 heteroatoms. The van der Waals surface area contributed by atoms with Crippen LogP contribution >= 0.6 is 0 Å². The lowest BCUT2D eigenvalue weighted by atomic mass is 10.0. The van der Waals surface area contributed by atoms with Crippen LogP contribution < -0.4 is 4.74 Å². The number of fused-ring (bicyclic) bond motifs is 2. The topological polar surface area (TPSA) is 72.9 Å². The quantitative estimate of drug-likeness (QED) is 0.787. The fraction of sp³-hybridized carbons (Fsp3) is 0.211. The molecule has 2 aliphatic rings. The van der Waals surface area contributed by atoms with Gasteiger partial charge in [0.1, 0.15) is 5.75 Å². The average Bonchev–Trinajstić information content (AvgIpc) is 2.86. The molecule has 1 unspecified atom stereocenters. The monoisotopic (exact) mass is 337 g/mol. The number of carbonyl (C=O) groups is 3. The first-order valence-corrected chi connectivity index (χ1v) is 8.00. The Morgan fingerprint density at radius 2 is 1.80 bits per heavy atom. The van der Waals surface area contributed by atoms with Gasteiger partial charge >= 0.3 is 5.97 Å². The van der Waals surface area contributed by atoms with Crippen LogP contribution in [0.1, 0.15) is 38.3 Å². The van der Waals surface area contributed by atoms with Crippen molar-refractivity contribution in [2.45, 2.75) is 25.9 Å². The zero-order valence-corrected chi connectivity index (χ0v) is 13.5. The molecule has 0 fully saturated rings. The summed E-state index contributed by atoms with van der Waals surface area (Å²) in [5.74, 6) is -1.40. The van der Waals surface area contributed by atoms with Crippen LogP contribution in [0.2, 0.25) is 0 Å². The zero-order valence-electron chi connectivity index (χ0n) is 13.5. The molecule has 0 radical (unpaired) electrons. The molecule has 4 rings (SSSR count). The normalized spacial score (nSPS) is 18.4. The maximum Gasteiger partial charge on any atom is 0.373 e. The highest BCUT2D eigenvalue weighted by atomic mass is 16.7. The molecule has 0 saturated heterocycles. The van der Waals surface area contributed by atoms with Crippen molar-refractivity contribution < 1.29 is 24.0 Å². The number of nitrogens with zero attached hydrogens (tertiary/aromatic N) is 1. The molecule has 0 N–H and O–H groups in total. The standard InChI is InChI=1S/C19H15NO5/c1-11-6-8-15-12(10-11)7-9-16(24-15)19(23)25-20-17(21)13-4-2-3-5-14(13)18(20)22/h2-6,8,10,16H,7,9H2,1H3. The molecule has 0 bridgehead atoms. The number of hydroxylamine groups is 2. The predicted molar refractivity (Wildman–Crippen MR) is 87.0 cm³/mol. The molecule has 2 aliphatic heterocycles. The number of amides is 2. The first-order valence-electron chi connectivity index (χ1n) is 8.00. The number of imide groups is 1. The van der Waals surface area contributed by atoms with E-state index in [4.69, 9.17) is 9.57 Å². The second kappa shape index (κ2) is 5.73. The van der Waals surface area contributed by atoms with Crippen molar-refractivity contribution in [2.24, 2.45) is 0 Å². The van der Waals surface area contributed by atoms with Gasteiger partial charge in [-0.2, -0.15) is 0 Å². The summed E-state index contributed by atoms with van der Waals surface area (Å²) < 4.78 is 5.68. The maximum atomic E-state index is 12.4. The van der Waals surface area contributed by atoms with E-state index in [-0.39, 0.29) is 11.1 Å². The Kier molecular flexibility index (Phi) is 3.53. The number of hydrogen-bond donors (Lipinski definition) is 0. The Labute approximate surface area is 143 Å². The van der Waals surface area contributed by atoms with E-state index < -0.39 is 23.9 Å². The first-order chi connectivity index (χ1) is 12.0. The van der Waals surface area contributed by atoms with Crippen LogP contribution in [0.15, 0.2) is 42.5 Å². The minimum absolute atomic E-state index is 0.227. The number of ether oxygens (including phenoxy) is 1. The Balaban J connectivity index is 1.49. The van der Waals surface area contributed by atoms with Crippen molar-refractivity contribution in [2.75, 3.05) is 0 Å². The van der Waals surface area contributed by atoms with Crippen molar-refractivity contribution in [3.63, 3.8) is 0 Å². The second-order valence-electron chi connectivity index (χ2n) is 6.12. The molecule has 2 aromatic rings. The van der Waals surface area contributed by atoms with Gasteiger partial charge < -0.3 is 9.57 Å². The average molecular weight is 337 g/mol. The molecule has 126 valence electrons. The van der Waals surface area contributed by atoms with Gasteiger partial charge in [0, 0.05) is 0 Å². The predicted octanol–water partition coefficient (Wildman–Crippen LogP) is 2.44. The van der Waals surface area contributed by atoms with Gasteiger partial charge in [-0.05, 0) is 43.5 Å². The molecular weight excluding hydrogens is 322 g/mol. The van der Waals surface area contributed by atoms with Gasteiger partial charge in [0.2, 0.25) is 0 Å². The summed E-state index contributed by atoms with van der Waals surface area (Å²) in [6.07, 6.45) is 0.247. The maximum absolute atomic E-state index is 12.4. The van der Waals surface area contributed by atoms with Crippen molar-refractivity contribution in [3.8, 4) is 5.75 Å². The molecule has 1 atom stereocenters. The van der Waals surface area contributed by atoms with E-state index in [2.05, 4.69) is 0 Å². The highest BCUT2D eigenvalue weighted by molar-refractivity contribution is 6.20. The molecule has 2 aromatic carbocycles. The Morgan fingerprint density at radius 1 is 1.12 bits per heavy atom. The zero-order chi connectivity index (χ0) is 17.6. The van der Waals surface area contributed by atoms with Gasteiger partial charge in [-0.1, -0.05) is 34.9 Å². The van der Waals surface area contributed by atoms with Crippen molar-refractivity contribution >= 4 is 17.8 Å². The third-order valence-corrected chi connectivity index (χ3v) is 4.36. The molecule has 0 aromatic heterocycles. The third kappa shape index (κ3) is 2.55. The Bertz CT molecular complexity index is 869. The van der Waals surface area contributed by atoms with Crippen LogP contribution in [0.25, 0.3) is 0 Å². The SMILES string of the molecule is Cc1ccc2c(c1)CCC(C(=O)ON1C(=O)c3ccccc3C1=O)O2. The number of benzene rings is 2. The molecular formula is C19H15NO5. The minimum Gasteiger partial charge on any atom is -0.478 e. The summed E-state index contributed by atoms with van der Waals surface area (Å²) >= 11 is 0. The van der Waals surface area contributed by atoms with Crippen LogP contribution in [-0.4, -0.2) is 29.0 Å². The lowest BCUT2D eigenvalue weighted by molar-refractivity contribution is -0.177. The van der Waals surface area contributed by atoms with E-state index in [1.54, 1.807) is 12.1 Å². The fourth-order valence-electron chi connectivity index (χ4n) is 3.08.